The summed E-state index contributed by atoms with van der Waals surface area (Å²) in [5.41, 5.74) is 4.17. The van der Waals surface area contributed by atoms with Crippen molar-refractivity contribution in [1.82, 2.24) is 24.8 Å². The molecule has 0 bridgehead atoms. The Kier molecular flexibility index (Phi) is 7.24. The molecule has 0 saturated carbocycles. The number of benzene rings is 2. The number of aromatic nitrogens is 3. The smallest absolute Gasteiger partial charge is 0.251 e. The minimum Gasteiger partial charge on any atom is -0.379 e. The Morgan fingerprint density at radius 2 is 1.89 bits per heavy atom. The molecule has 3 heterocycles. The number of hydrogen-bond acceptors (Lipinski definition) is 6. The van der Waals surface area contributed by atoms with E-state index in [2.05, 4.69) is 25.6 Å². The van der Waals surface area contributed by atoms with E-state index in [1.807, 2.05) is 32.1 Å². The topological polar surface area (TPSA) is 83.8 Å². The van der Waals surface area contributed by atoms with Crippen LogP contribution in [0.1, 0.15) is 15.9 Å². The highest BCUT2D eigenvalue weighted by molar-refractivity contribution is 6.36. The first-order valence-corrected chi connectivity index (χ1v) is 12.1. The Morgan fingerprint density at radius 3 is 2.67 bits per heavy atom. The number of anilines is 1. The number of nitrogens with zero attached hydrogens (tertiary/aromatic N) is 4. The molecule has 4 aromatic rings. The van der Waals surface area contributed by atoms with Crippen LogP contribution < -0.4 is 16.1 Å². The fourth-order valence-corrected chi connectivity index (χ4v) is 4.23. The lowest BCUT2D eigenvalue weighted by Crippen LogP contribution is -2.41. The zero-order chi connectivity index (χ0) is 24.9. The number of amides is 1. The lowest BCUT2D eigenvalue weighted by Gasteiger charge is -2.26. The molecule has 0 atom stereocenters. The second-order valence-corrected chi connectivity index (χ2v) is 8.83. The molecule has 1 saturated heterocycles. The normalized spacial score (nSPS) is 14.1. The van der Waals surface area contributed by atoms with Gasteiger partial charge in [0.15, 0.2) is 5.65 Å². The van der Waals surface area contributed by atoms with E-state index in [9.17, 15) is 9.18 Å². The van der Waals surface area contributed by atoms with Gasteiger partial charge >= 0.3 is 0 Å². The van der Waals surface area contributed by atoms with Crippen molar-refractivity contribution in [3.63, 3.8) is 0 Å². The van der Waals surface area contributed by atoms with Gasteiger partial charge in [-0.2, -0.15) is 9.61 Å². The Morgan fingerprint density at radius 1 is 1.11 bits per heavy atom. The van der Waals surface area contributed by atoms with Crippen LogP contribution in [0.3, 0.4) is 0 Å². The summed E-state index contributed by atoms with van der Waals surface area (Å²) < 4.78 is 21.5. The maximum absolute atomic E-state index is 14.4. The van der Waals surface area contributed by atoms with Crippen LogP contribution in [0.15, 0.2) is 60.8 Å². The van der Waals surface area contributed by atoms with Crippen LogP contribution in [-0.2, 0) is 11.3 Å². The van der Waals surface area contributed by atoms with E-state index in [0.717, 1.165) is 43.9 Å². The summed E-state index contributed by atoms with van der Waals surface area (Å²) in [6, 6.07) is 15.9. The first kappa shape index (κ1) is 24.0. The molecule has 1 aliphatic heterocycles. The number of ether oxygens (including phenoxy) is 1. The summed E-state index contributed by atoms with van der Waals surface area (Å²) in [6.45, 7) is 5.24. The molecule has 2 aromatic carbocycles. The molecule has 1 aliphatic rings. The number of hydrogen-bond donors (Lipinski definition) is 2. The summed E-state index contributed by atoms with van der Waals surface area (Å²) in [5, 5.41) is 10.8. The van der Waals surface area contributed by atoms with Crippen molar-refractivity contribution in [3.8, 4) is 11.3 Å². The van der Waals surface area contributed by atoms with Crippen molar-refractivity contribution in [2.45, 2.75) is 6.54 Å². The van der Waals surface area contributed by atoms with Gasteiger partial charge in [0.2, 0.25) is 0 Å². The second-order valence-electron chi connectivity index (χ2n) is 8.83. The van der Waals surface area contributed by atoms with Gasteiger partial charge in [0.25, 0.3) is 5.91 Å². The summed E-state index contributed by atoms with van der Waals surface area (Å²) >= 11 is 0. The number of carbonyl (C=O) groups is 1. The van der Waals surface area contributed by atoms with Crippen LogP contribution in [0.5, 0.6) is 0 Å². The zero-order valence-corrected chi connectivity index (χ0v) is 20.2. The largest absolute Gasteiger partial charge is 0.379 e. The molecule has 36 heavy (non-hydrogen) atoms. The average molecular weight is 486 g/mol. The molecule has 184 valence electrons. The molecule has 5 rings (SSSR count). The third-order valence-electron chi connectivity index (χ3n) is 6.31. The van der Waals surface area contributed by atoms with E-state index in [-0.39, 0.29) is 11.7 Å². The molecule has 10 heteroatoms. The minimum atomic E-state index is -0.323. The molecular formula is C26H28BFN6O2. The van der Waals surface area contributed by atoms with Crippen molar-refractivity contribution >= 4 is 30.7 Å². The van der Waals surface area contributed by atoms with Gasteiger partial charge in [-0.05, 0) is 35.3 Å². The number of rotatable bonds is 8. The van der Waals surface area contributed by atoms with Crippen molar-refractivity contribution in [2.24, 2.45) is 0 Å². The highest BCUT2D eigenvalue weighted by atomic mass is 19.1. The molecule has 0 unspecified atom stereocenters. The van der Waals surface area contributed by atoms with Gasteiger partial charge in [-0.1, -0.05) is 24.3 Å². The number of nitrogens with one attached hydrogen (secondary N) is 2. The SMILES string of the molecule is Bc1cnn2c(NCc3ccc(C(=O)NCCN4CCOCC4)cc3)cc(-c3ccccc3F)nc12. The third kappa shape index (κ3) is 5.39. The van der Waals surface area contributed by atoms with Crippen LogP contribution in [-0.4, -0.2) is 72.6 Å². The number of fused-ring (bicyclic) bond motifs is 1. The van der Waals surface area contributed by atoms with Gasteiger partial charge in [-0.15, -0.1) is 0 Å². The lowest BCUT2D eigenvalue weighted by atomic mass is 10.0. The molecular weight excluding hydrogens is 458 g/mol. The molecule has 1 amide bonds. The summed E-state index contributed by atoms with van der Waals surface area (Å²) in [6.07, 6.45) is 1.74. The highest BCUT2D eigenvalue weighted by Crippen LogP contribution is 2.24. The fraction of sp³-hybridized carbons (Fsp3) is 0.269. The van der Waals surface area contributed by atoms with E-state index >= 15 is 0 Å². The standard InChI is InChI=1S/C26H28BFN6O2/c27-21-17-31-34-24(15-23(32-25(21)34)20-3-1-2-4-22(20)28)30-16-18-5-7-19(8-6-18)26(35)29-9-10-33-11-13-36-14-12-33/h1-8,15,17,30H,9-14,16,27H2,(H,29,35). The number of morpholine rings is 1. The molecule has 2 N–H and O–H groups in total. The van der Waals surface area contributed by atoms with Gasteiger partial charge in [0.1, 0.15) is 19.5 Å². The predicted octanol–water partition coefficient (Wildman–Crippen LogP) is 1.47. The predicted molar refractivity (Wildman–Crippen MR) is 140 cm³/mol. The van der Waals surface area contributed by atoms with E-state index < -0.39 is 0 Å². The van der Waals surface area contributed by atoms with Gasteiger partial charge in [-0.3, -0.25) is 9.69 Å². The van der Waals surface area contributed by atoms with Gasteiger partial charge in [0.05, 0.1) is 18.9 Å². The molecule has 0 radical (unpaired) electrons. The summed E-state index contributed by atoms with van der Waals surface area (Å²) in [4.78, 5) is 19.4. The van der Waals surface area contributed by atoms with Crippen molar-refractivity contribution in [2.75, 3.05) is 44.7 Å². The first-order chi connectivity index (χ1) is 17.6. The quantitative estimate of drug-likeness (QED) is 0.367. The van der Waals surface area contributed by atoms with E-state index in [0.29, 0.717) is 41.4 Å². The number of halogens is 1. The van der Waals surface area contributed by atoms with Crippen LogP contribution in [0.25, 0.3) is 16.9 Å². The van der Waals surface area contributed by atoms with Crippen molar-refractivity contribution < 1.29 is 13.9 Å². The minimum absolute atomic E-state index is 0.0832. The van der Waals surface area contributed by atoms with Gasteiger partial charge in [-0.25, -0.2) is 9.37 Å². The molecule has 0 aliphatic carbocycles. The van der Waals surface area contributed by atoms with E-state index in [1.54, 1.807) is 35.0 Å². The van der Waals surface area contributed by atoms with E-state index in [1.165, 1.54) is 6.07 Å². The maximum atomic E-state index is 14.4. The Balaban J connectivity index is 1.24. The van der Waals surface area contributed by atoms with Crippen LogP contribution in [0.2, 0.25) is 0 Å². The average Bonchev–Trinajstić information content (AvgIpc) is 3.29. The van der Waals surface area contributed by atoms with Gasteiger partial charge in [0, 0.05) is 56.1 Å². The van der Waals surface area contributed by atoms with Crippen LogP contribution in [0.4, 0.5) is 10.2 Å². The van der Waals surface area contributed by atoms with Crippen molar-refractivity contribution in [1.29, 1.82) is 0 Å². The Hall–Kier alpha value is -3.76. The maximum Gasteiger partial charge on any atom is 0.251 e. The first-order valence-electron chi connectivity index (χ1n) is 12.1. The molecule has 0 spiro atoms. The Labute approximate surface area is 209 Å². The zero-order valence-electron chi connectivity index (χ0n) is 20.2. The van der Waals surface area contributed by atoms with Crippen LogP contribution >= 0.6 is 0 Å². The number of carbonyl (C=O) groups excluding carboxylic acids is 1. The fourth-order valence-electron chi connectivity index (χ4n) is 4.23. The molecule has 2 aromatic heterocycles. The Bertz CT molecular complexity index is 1350. The van der Waals surface area contributed by atoms with Crippen molar-refractivity contribution in [3.05, 3.63) is 77.7 Å². The summed E-state index contributed by atoms with van der Waals surface area (Å²) in [7, 11) is 1.93. The van der Waals surface area contributed by atoms with Crippen LogP contribution in [0, 0.1) is 5.82 Å². The van der Waals surface area contributed by atoms with Gasteiger partial charge < -0.3 is 15.4 Å². The summed E-state index contributed by atoms with van der Waals surface area (Å²) in [5.74, 6) is 0.299. The highest BCUT2D eigenvalue weighted by Gasteiger charge is 2.14. The van der Waals surface area contributed by atoms with E-state index in [4.69, 9.17) is 4.74 Å². The molecule has 8 nitrogen and oxygen atoms in total. The third-order valence-corrected chi connectivity index (χ3v) is 6.31. The monoisotopic (exact) mass is 486 g/mol. The molecule has 1 fully saturated rings. The lowest BCUT2D eigenvalue weighted by molar-refractivity contribution is 0.0383. The second kappa shape index (κ2) is 10.9.